The smallest absolute Gasteiger partial charge is 0.305 e. The molecule has 0 aliphatic carbocycles. The van der Waals surface area contributed by atoms with E-state index in [2.05, 4.69) is 4.74 Å². The van der Waals surface area contributed by atoms with Crippen molar-refractivity contribution in [2.45, 2.75) is 55.2 Å². The molecular weight excluding hydrogens is 326 g/mol. The van der Waals surface area contributed by atoms with E-state index in [4.69, 9.17) is 39.5 Å². The second kappa shape index (κ2) is 11.5. The summed E-state index contributed by atoms with van der Waals surface area (Å²) >= 11 is 16.4. The average molecular weight is 348 g/mol. The van der Waals surface area contributed by atoms with Crippen LogP contribution in [0.3, 0.4) is 0 Å². The Morgan fingerprint density at radius 3 is 1.75 bits per heavy atom. The molecule has 0 aromatic carbocycles. The van der Waals surface area contributed by atoms with Crippen molar-refractivity contribution in [3.8, 4) is 0 Å². The molecule has 0 amide bonds. The number of halogens is 3. The SMILES string of the molecule is COC(=O)CCCCCCCCC(=O)OCC(Cl)(Cl)Cl. The third-order valence-electron chi connectivity index (χ3n) is 2.64. The van der Waals surface area contributed by atoms with Gasteiger partial charge in [0.25, 0.3) is 0 Å². The fourth-order valence-electron chi connectivity index (χ4n) is 1.58. The van der Waals surface area contributed by atoms with Crippen LogP contribution < -0.4 is 0 Å². The van der Waals surface area contributed by atoms with Crippen LogP contribution in [0.5, 0.6) is 0 Å². The highest BCUT2D eigenvalue weighted by Gasteiger charge is 2.21. The lowest BCUT2D eigenvalue weighted by molar-refractivity contribution is -0.143. The monoisotopic (exact) mass is 346 g/mol. The maximum Gasteiger partial charge on any atom is 0.305 e. The van der Waals surface area contributed by atoms with Gasteiger partial charge in [-0.25, -0.2) is 0 Å². The van der Waals surface area contributed by atoms with Gasteiger partial charge in [0.1, 0.15) is 6.61 Å². The normalized spacial score (nSPS) is 11.2. The van der Waals surface area contributed by atoms with E-state index in [1.807, 2.05) is 0 Å². The number of carbonyl (C=O) groups excluding carboxylic acids is 2. The van der Waals surface area contributed by atoms with Crippen molar-refractivity contribution in [2.24, 2.45) is 0 Å². The van der Waals surface area contributed by atoms with E-state index in [0.29, 0.717) is 12.8 Å². The van der Waals surface area contributed by atoms with Crippen LogP contribution in [-0.2, 0) is 19.1 Å². The van der Waals surface area contributed by atoms with E-state index >= 15 is 0 Å². The number of rotatable bonds is 10. The highest BCUT2D eigenvalue weighted by Crippen LogP contribution is 2.26. The van der Waals surface area contributed by atoms with Crippen molar-refractivity contribution in [3.63, 3.8) is 0 Å². The molecule has 0 aromatic rings. The lowest BCUT2D eigenvalue weighted by atomic mass is 10.1. The largest absolute Gasteiger partial charge is 0.469 e. The van der Waals surface area contributed by atoms with Gasteiger partial charge < -0.3 is 9.47 Å². The molecule has 0 fully saturated rings. The van der Waals surface area contributed by atoms with Gasteiger partial charge in [-0.1, -0.05) is 60.5 Å². The quantitative estimate of drug-likeness (QED) is 0.338. The molecule has 0 bridgehead atoms. The molecule has 0 rings (SSSR count). The molecule has 0 aliphatic heterocycles. The Morgan fingerprint density at radius 2 is 1.30 bits per heavy atom. The highest BCUT2D eigenvalue weighted by atomic mass is 35.6. The molecule has 0 aliphatic rings. The van der Waals surface area contributed by atoms with Gasteiger partial charge in [-0.2, -0.15) is 0 Å². The molecule has 0 atom stereocenters. The van der Waals surface area contributed by atoms with E-state index in [0.717, 1.165) is 38.5 Å². The minimum absolute atomic E-state index is 0.165. The third-order valence-corrected chi connectivity index (χ3v) is 2.96. The fraction of sp³-hybridized carbons (Fsp3) is 0.846. The Bertz CT molecular complexity index is 290. The minimum Gasteiger partial charge on any atom is -0.469 e. The molecule has 20 heavy (non-hydrogen) atoms. The summed E-state index contributed by atoms with van der Waals surface area (Å²) in [4.78, 5) is 22.1. The zero-order valence-electron chi connectivity index (χ0n) is 11.6. The number of esters is 2. The molecule has 118 valence electrons. The number of hydrogen-bond acceptors (Lipinski definition) is 4. The summed E-state index contributed by atoms with van der Waals surface area (Å²) in [6.45, 7) is -0.218. The van der Waals surface area contributed by atoms with Crippen molar-refractivity contribution in [3.05, 3.63) is 0 Å². The van der Waals surface area contributed by atoms with E-state index in [1.165, 1.54) is 7.11 Å². The Labute approximate surface area is 135 Å². The zero-order chi connectivity index (χ0) is 15.4. The lowest BCUT2D eigenvalue weighted by Gasteiger charge is -2.11. The summed E-state index contributed by atoms with van der Waals surface area (Å²) < 4.78 is 7.81. The molecule has 0 saturated carbocycles. The van der Waals surface area contributed by atoms with Gasteiger partial charge in [0.15, 0.2) is 0 Å². The molecular formula is C13H21Cl3O4. The average Bonchev–Trinajstić information content (AvgIpc) is 2.38. The van der Waals surface area contributed by atoms with Gasteiger partial charge in [0.2, 0.25) is 3.79 Å². The Balaban J connectivity index is 3.31. The van der Waals surface area contributed by atoms with Crippen LogP contribution in [0.4, 0.5) is 0 Å². The van der Waals surface area contributed by atoms with Crippen LogP contribution in [-0.4, -0.2) is 29.4 Å². The maximum atomic E-state index is 11.3. The molecule has 4 nitrogen and oxygen atoms in total. The van der Waals surface area contributed by atoms with Gasteiger partial charge >= 0.3 is 11.9 Å². The van der Waals surface area contributed by atoms with Crippen LogP contribution in [0, 0.1) is 0 Å². The number of unbranched alkanes of at least 4 members (excludes halogenated alkanes) is 5. The number of hydrogen-bond donors (Lipinski definition) is 0. The van der Waals surface area contributed by atoms with Gasteiger partial charge in [-0.3, -0.25) is 9.59 Å². The second-order valence-corrected chi connectivity index (χ2v) is 6.99. The molecule has 0 saturated heterocycles. The predicted molar refractivity (Wildman–Crippen MR) is 80.2 cm³/mol. The van der Waals surface area contributed by atoms with Gasteiger partial charge in [0, 0.05) is 12.8 Å². The molecule has 0 unspecified atom stereocenters. The lowest BCUT2D eigenvalue weighted by Crippen LogP contribution is -2.17. The summed E-state index contributed by atoms with van der Waals surface area (Å²) in [6, 6.07) is 0. The Morgan fingerprint density at radius 1 is 0.850 bits per heavy atom. The van der Waals surface area contributed by atoms with Crippen molar-refractivity contribution < 1.29 is 19.1 Å². The van der Waals surface area contributed by atoms with Crippen LogP contribution >= 0.6 is 34.8 Å². The van der Waals surface area contributed by atoms with Crippen LogP contribution in [0.1, 0.15) is 51.4 Å². The topological polar surface area (TPSA) is 52.6 Å². The summed E-state index contributed by atoms with van der Waals surface area (Å²) in [5.41, 5.74) is 0. The fourth-order valence-corrected chi connectivity index (χ4v) is 1.75. The van der Waals surface area contributed by atoms with E-state index in [-0.39, 0.29) is 18.5 Å². The first-order valence-electron chi connectivity index (χ1n) is 6.64. The van der Waals surface area contributed by atoms with Gasteiger partial charge in [-0.05, 0) is 12.8 Å². The van der Waals surface area contributed by atoms with Gasteiger partial charge in [-0.15, -0.1) is 0 Å². The van der Waals surface area contributed by atoms with E-state index < -0.39 is 3.79 Å². The van der Waals surface area contributed by atoms with Crippen molar-refractivity contribution in [1.82, 2.24) is 0 Å². The minimum atomic E-state index is -1.55. The number of alkyl halides is 3. The Hall–Kier alpha value is -0.190. The highest BCUT2D eigenvalue weighted by molar-refractivity contribution is 6.67. The summed E-state index contributed by atoms with van der Waals surface area (Å²) in [6.07, 6.45) is 6.42. The van der Waals surface area contributed by atoms with E-state index in [9.17, 15) is 9.59 Å². The predicted octanol–water partition coefficient (Wildman–Crippen LogP) is 4.19. The first-order chi connectivity index (χ1) is 9.35. The molecule has 0 aromatic heterocycles. The van der Waals surface area contributed by atoms with E-state index in [1.54, 1.807) is 0 Å². The van der Waals surface area contributed by atoms with Crippen LogP contribution in [0.2, 0.25) is 0 Å². The number of ether oxygens (including phenoxy) is 2. The van der Waals surface area contributed by atoms with Crippen molar-refractivity contribution in [2.75, 3.05) is 13.7 Å². The number of methoxy groups -OCH3 is 1. The molecule has 0 spiro atoms. The first kappa shape index (κ1) is 19.8. The summed E-state index contributed by atoms with van der Waals surface area (Å²) in [5.74, 6) is -0.510. The third kappa shape index (κ3) is 14.2. The maximum absolute atomic E-state index is 11.3. The first-order valence-corrected chi connectivity index (χ1v) is 7.77. The van der Waals surface area contributed by atoms with Crippen molar-refractivity contribution >= 4 is 46.7 Å². The summed E-state index contributed by atoms with van der Waals surface area (Å²) in [5, 5.41) is 0. The number of carbonyl (C=O) groups is 2. The molecule has 0 heterocycles. The zero-order valence-corrected chi connectivity index (χ0v) is 13.9. The molecule has 7 heteroatoms. The second-order valence-electron chi connectivity index (χ2n) is 4.47. The summed E-state index contributed by atoms with van der Waals surface area (Å²) in [7, 11) is 1.39. The van der Waals surface area contributed by atoms with Crippen LogP contribution in [0.25, 0.3) is 0 Å². The standard InChI is InChI=1S/C13H21Cl3O4/c1-19-11(17)8-6-4-2-3-5-7-9-12(18)20-10-13(14,15)16/h2-10H2,1H3. The molecule has 0 N–H and O–H groups in total. The Kier molecular flexibility index (Phi) is 11.4. The van der Waals surface area contributed by atoms with Crippen LogP contribution in [0.15, 0.2) is 0 Å². The van der Waals surface area contributed by atoms with Gasteiger partial charge in [0.05, 0.1) is 7.11 Å². The van der Waals surface area contributed by atoms with Crippen molar-refractivity contribution in [1.29, 1.82) is 0 Å². The molecule has 0 radical (unpaired) electrons.